The summed E-state index contributed by atoms with van der Waals surface area (Å²) in [5.41, 5.74) is -0.0389. The monoisotopic (exact) mass is 243 g/mol. The number of halogens is 3. The number of rotatable bonds is 1. The maximum absolute atomic E-state index is 12.5. The number of methoxy groups -OCH3 is 1. The van der Waals surface area contributed by atoms with Crippen molar-refractivity contribution < 1.29 is 17.9 Å². The van der Waals surface area contributed by atoms with Crippen LogP contribution in [-0.2, 0) is 10.9 Å². The van der Waals surface area contributed by atoms with Gasteiger partial charge in [-0.15, -0.1) is 0 Å². The predicted molar refractivity (Wildman–Crippen MR) is 57.9 cm³/mol. The Morgan fingerprint density at radius 3 is 2.71 bits per heavy atom. The van der Waals surface area contributed by atoms with E-state index in [2.05, 4.69) is 4.99 Å². The fraction of sp³-hybridized carbons (Fsp3) is 0.417. The molecule has 1 aliphatic heterocycles. The summed E-state index contributed by atoms with van der Waals surface area (Å²) in [6.07, 6.45) is -2.93. The van der Waals surface area contributed by atoms with E-state index in [0.717, 1.165) is 12.1 Å². The molecule has 1 atom stereocenters. The van der Waals surface area contributed by atoms with Crippen molar-refractivity contribution in [3.8, 4) is 0 Å². The van der Waals surface area contributed by atoms with Gasteiger partial charge in [-0.05, 0) is 24.1 Å². The lowest BCUT2D eigenvalue weighted by Crippen LogP contribution is -2.05. The lowest BCUT2D eigenvalue weighted by Gasteiger charge is -2.11. The van der Waals surface area contributed by atoms with Gasteiger partial charge in [0, 0.05) is 6.42 Å². The Balaban J connectivity index is 2.26. The highest BCUT2D eigenvalue weighted by Crippen LogP contribution is 2.34. The second kappa shape index (κ2) is 4.39. The summed E-state index contributed by atoms with van der Waals surface area (Å²) in [7, 11) is 1.52. The molecule has 0 fully saturated rings. The van der Waals surface area contributed by atoms with Gasteiger partial charge < -0.3 is 4.74 Å². The lowest BCUT2D eigenvalue weighted by atomic mass is 10.0. The summed E-state index contributed by atoms with van der Waals surface area (Å²) in [5.74, 6) is 0.604. The second-order valence-corrected chi connectivity index (χ2v) is 3.90. The van der Waals surface area contributed by atoms with Gasteiger partial charge in [0.2, 0.25) is 0 Å². The van der Waals surface area contributed by atoms with Crippen LogP contribution in [0, 0.1) is 0 Å². The van der Waals surface area contributed by atoms with E-state index >= 15 is 0 Å². The third-order valence-corrected chi connectivity index (χ3v) is 2.77. The van der Waals surface area contributed by atoms with Gasteiger partial charge in [-0.25, -0.2) is 4.99 Å². The van der Waals surface area contributed by atoms with Gasteiger partial charge in [0.05, 0.1) is 18.7 Å². The summed E-state index contributed by atoms with van der Waals surface area (Å²) >= 11 is 0. The lowest BCUT2D eigenvalue weighted by molar-refractivity contribution is -0.137. The van der Waals surface area contributed by atoms with E-state index < -0.39 is 11.7 Å². The average Bonchev–Trinajstić information content (AvgIpc) is 2.76. The highest BCUT2D eigenvalue weighted by molar-refractivity contribution is 5.78. The summed E-state index contributed by atoms with van der Waals surface area (Å²) in [6, 6.07) is 5.10. The third kappa shape index (κ3) is 2.60. The summed E-state index contributed by atoms with van der Waals surface area (Å²) in [4.78, 5) is 4.23. The number of hydrogen-bond acceptors (Lipinski definition) is 2. The summed E-state index contributed by atoms with van der Waals surface area (Å²) in [5, 5.41) is 0. The Kier molecular flexibility index (Phi) is 3.09. The largest absolute Gasteiger partial charge is 0.484 e. The normalized spacial score (nSPS) is 20.2. The Hall–Kier alpha value is -1.52. The summed E-state index contributed by atoms with van der Waals surface area (Å²) < 4.78 is 42.6. The van der Waals surface area contributed by atoms with Crippen LogP contribution < -0.4 is 0 Å². The third-order valence-electron chi connectivity index (χ3n) is 2.77. The van der Waals surface area contributed by atoms with E-state index in [9.17, 15) is 13.2 Å². The van der Waals surface area contributed by atoms with Crippen molar-refractivity contribution in [3.63, 3.8) is 0 Å². The van der Waals surface area contributed by atoms with E-state index in [1.165, 1.54) is 13.2 Å². The quantitative estimate of drug-likeness (QED) is 0.738. The first-order valence-electron chi connectivity index (χ1n) is 5.28. The zero-order valence-corrected chi connectivity index (χ0v) is 9.29. The van der Waals surface area contributed by atoms with Crippen LogP contribution in [-0.4, -0.2) is 13.0 Å². The molecule has 0 amide bonds. The SMILES string of the molecule is COC1=NC(c2cccc(C(F)(F)F)c2)CC1. The topological polar surface area (TPSA) is 21.6 Å². The number of aliphatic imine (C=N–C) groups is 1. The molecule has 0 N–H and O–H groups in total. The first kappa shape index (κ1) is 12.0. The van der Waals surface area contributed by atoms with Gasteiger partial charge in [0.25, 0.3) is 0 Å². The molecule has 17 heavy (non-hydrogen) atoms. The molecule has 0 saturated carbocycles. The van der Waals surface area contributed by atoms with Crippen LogP contribution in [0.25, 0.3) is 0 Å². The van der Waals surface area contributed by atoms with Crippen molar-refractivity contribution in [1.29, 1.82) is 0 Å². The second-order valence-electron chi connectivity index (χ2n) is 3.90. The zero-order chi connectivity index (χ0) is 12.5. The maximum atomic E-state index is 12.5. The number of benzene rings is 1. The van der Waals surface area contributed by atoms with E-state index in [1.807, 2.05) is 0 Å². The predicted octanol–water partition coefficient (Wildman–Crippen LogP) is 3.59. The molecule has 0 saturated heterocycles. The van der Waals surface area contributed by atoms with E-state index in [1.54, 1.807) is 6.07 Å². The highest BCUT2D eigenvalue weighted by Gasteiger charge is 2.31. The minimum absolute atomic E-state index is 0.216. The smallest absolute Gasteiger partial charge is 0.416 e. The number of nitrogens with zero attached hydrogens (tertiary/aromatic N) is 1. The molecule has 92 valence electrons. The molecule has 0 aromatic heterocycles. The molecular weight excluding hydrogens is 231 g/mol. The number of alkyl halides is 3. The Bertz CT molecular complexity index is 440. The first-order chi connectivity index (χ1) is 8.00. The van der Waals surface area contributed by atoms with E-state index in [4.69, 9.17) is 4.74 Å². The van der Waals surface area contributed by atoms with Gasteiger partial charge in [0.1, 0.15) is 0 Å². The van der Waals surface area contributed by atoms with Crippen LogP contribution in [0.4, 0.5) is 13.2 Å². The molecular formula is C12H12F3NO. The van der Waals surface area contributed by atoms with Gasteiger partial charge in [-0.3, -0.25) is 0 Å². The van der Waals surface area contributed by atoms with E-state index in [0.29, 0.717) is 24.3 Å². The molecule has 0 bridgehead atoms. The van der Waals surface area contributed by atoms with Crippen molar-refractivity contribution >= 4 is 5.90 Å². The number of hydrogen-bond donors (Lipinski definition) is 0. The highest BCUT2D eigenvalue weighted by atomic mass is 19.4. The molecule has 2 rings (SSSR count). The zero-order valence-electron chi connectivity index (χ0n) is 9.29. The van der Waals surface area contributed by atoms with Crippen molar-refractivity contribution in [2.45, 2.75) is 25.1 Å². The maximum Gasteiger partial charge on any atom is 0.416 e. The molecule has 0 radical (unpaired) electrons. The standard InChI is InChI=1S/C12H12F3NO/c1-17-11-6-5-10(16-11)8-3-2-4-9(7-8)12(13,14)15/h2-4,7,10H,5-6H2,1H3. The Labute approximate surface area is 97.1 Å². The average molecular weight is 243 g/mol. The van der Waals surface area contributed by atoms with Crippen molar-refractivity contribution in [2.75, 3.05) is 7.11 Å². The van der Waals surface area contributed by atoms with E-state index in [-0.39, 0.29) is 6.04 Å². The molecule has 1 heterocycles. The van der Waals surface area contributed by atoms with Gasteiger partial charge in [-0.2, -0.15) is 13.2 Å². The summed E-state index contributed by atoms with van der Waals surface area (Å²) in [6.45, 7) is 0. The van der Waals surface area contributed by atoms with Crippen LogP contribution in [0.3, 0.4) is 0 Å². The van der Waals surface area contributed by atoms with Gasteiger partial charge in [0.15, 0.2) is 5.90 Å². The minimum Gasteiger partial charge on any atom is -0.484 e. The van der Waals surface area contributed by atoms with Crippen LogP contribution in [0.1, 0.15) is 30.0 Å². The molecule has 1 unspecified atom stereocenters. The fourth-order valence-electron chi connectivity index (χ4n) is 1.88. The van der Waals surface area contributed by atoms with Crippen LogP contribution in [0.2, 0.25) is 0 Å². The molecule has 1 aliphatic rings. The fourth-order valence-corrected chi connectivity index (χ4v) is 1.88. The minimum atomic E-state index is -4.30. The molecule has 1 aromatic carbocycles. The van der Waals surface area contributed by atoms with Crippen molar-refractivity contribution in [1.82, 2.24) is 0 Å². The molecule has 5 heteroatoms. The van der Waals surface area contributed by atoms with Crippen molar-refractivity contribution in [2.24, 2.45) is 4.99 Å². The first-order valence-corrected chi connectivity index (χ1v) is 5.28. The molecule has 0 spiro atoms. The van der Waals surface area contributed by atoms with Crippen LogP contribution >= 0.6 is 0 Å². The van der Waals surface area contributed by atoms with Gasteiger partial charge >= 0.3 is 6.18 Å². The van der Waals surface area contributed by atoms with Gasteiger partial charge in [-0.1, -0.05) is 12.1 Å². The van der Waals surface area contributed by atoms with Crippen molar-refractivity contribution in [3.05, 3.63) is 35.4 Å². The Morgan fingerprint density at radius 2 is 2.12 bits per heavy atom. The van der Waals surface area contributed by atoms with Crippen LogP contribution in [0.15, 0.2) is 29.3 Å². The molecule has 1 aromatic rings. The molecule has 2 nitrogen and oxygen atoms in total. The molecule has 0 aliphatic carbocycles. The number of ether oxygens (including phenoxy) is 1. The van der Waals surface area contributed by atoms with Crippen LogP contribution in [0.5, 0.6) is 0 Å². The Morgan fingerprint density at radius 1 is 1.35 bits per heavy atom.